The van der Waals surface area contributed by atoms with E-state index in [0.29, 0.717) is 16.8 Å². The number of carbonyl (C=O) groups excluding carboxylic acids is 1. The number of aromatic nitrogens is 4. The highest BCUT2D eigenvalue weighted by Crippen LogP contribution is 2.25. The van der Waals surface area contributed by atoms with E-state index in [1.165, 1.54) is 24.4 Å². The molecular formula is C22H29ClN6O5. The Morgan fingerprint density at radius 3 is 2.35 bits per heavy atom. The average molecular weight is 493 g/mol. The fourth-order valence-corrected chi connectivity index (χ4v) is 2.72. The maximum atomic E-state index is 12.1. The van der Waals surface area contributed by atoms with Crippen LogP contribution in [0.1, 0.15) is 56.4 Å². The van der Waals surface area contributed by atoms with Gasteiger partial charge in [0, 0.05) is 11.8 Å². The Labute approximate surface area is 202 Å². The molecule has 3 rings (SSSR count). The van der Waals surface area contributed by atoms with E-state index in [1.807, 2.05) is 33.8 Å². The van der Waals surface area contributed by atoms with Gasteiger partial charge in [0.2, 0.25) is 5.79 Å². The van der Waals surface area contributed by atoms with Crippen molar-refractivity contribution in [1.82, 2.24) is 25.3 Å². The summed E-state index contributed by atoms with van der Waals surface area (Å²) >= 11 is 6.01. The van der Waals surface area contributed by atoms with Gasteiger partial charge in [-0.15, -0.1) is 0 Å². The molecule has 0 aliphatic heterocycles. The van der Waals surface area contributed by atoms with Gasteiger partial charge in [-0.1, -0.05) is 45.4 Å². The van der Waals surface area contributed by atoms with Gasteiger partial charge >= 0.3 is 0 Å². The van der Waals surface area contributed by atoms with Crippen LogP contribution in [0.15, 0.2) is 36.5 Å². The highest BCUT2D eigenvalue weighted by atomic mass is 35.5. The van der Waals surface area contributed by atoms with Crippen LogP contribution in [0.4, 0.5) is 0 Å². The smallest absolute Gasteiger partial charge is 0.284 e. The number of carbonyl (C=O) groups is 1. The summed E-state index contributed by atoms with van der Waals surface area (Å²) in [6, 6.07) is 9.22. The molecule has 0 fully saturated rings. The summed E-state index contributed by atoms with van der Waals surface area (Å²) in [6.07, 6.45) is 1.29. The molecule has 2 heterocycles. The molecule has 0 saturated carbocycles. The Balaban J connectivity index is 0.00000137. The van der Waals surface area contributed by atoms with Crippen molar-refractivity contribution in [3.05, 3.63) is 58.5 Å². The van der Waals surface area contributed by atoms with E-state index < -0.39 is 24.2 Å². The molecule has 6 N–H and O–H groups in total. The summed E-state index contributed by atoms with van der Waals surface area (Å²) in [5, 5.41) is 61.0. The summed E-state index contributed by atoms with van der Waals surface area (Å²) in [7, 11) is 0. The third-order valence-electron chi connectivity index (χ3n) is 4.15. The minimum atomic E-state index is -2.56. The summed E-state index contributed by atoms with van der Waals surface area (Å²) in [6.45, 7) is 8.45. The maximum absolute atomic E-state index is 12.1. The fourth-order valence-electron chi connectivity index (χ4n) is 2.49. The van der Waals surface area contributed by atoms with Crippen molar-refractivity contribution in [3.63, 3.8) is 0 Å². The monoisotopic (exact) mass is 492 g/mol. The number of rotatable bonds is 6. The average Bonchev–Trinajstić information content (AvgIpc) is 3.51. The van der Waals surface area contributed by atoms with Crippen LogP contribution in [0.25, 0.3) is 11.3 Å². The molecule has 0 bridgehead atoms. The Morgan fingerprint density at radius 2 is 1.82 bits per heavy atom. The van der Waals surface area contributed by atoms with Gasteiger partial charge in [0.15, 0.2) is 0 Å². The first-order valence-corrected chi connectivity index (χ1v) is 10.9. The summed E-state index contributed by atoms with van der Waals surface area (Å²) in [5.74, 6) is -5.55. The van der Waals surface area contributed by atoms with E-state index in [4.69, 9.17) is 16.9 Å². The molecule has 0 radical (unpaired) electrons. The molecule has 2 aromatic heterocycles. The van der Waals surface area contributed by atoms with Gasteiger partial charge < -0.3 is 25.7 Å². The van der Waals surface area contributed by atoms with Crippen molar-refractivity contribution in [3.8, 4) is 17.3 Å². The van der Waals surface area contributed by atoms with Crippen molar-refractivity contribution in [2.75, 3.05) is 6.54 Å². The van der Waals surface area contributed by atoms with Crippen molar-refractivity contribution >= 4 is 17.5 Å². The van der Waals surface area contributed by atoms with Crippen LogP contribution in [0.2, 0.25) is 5.02 Å². The van der Waals surface area contributed by atoms with Gasteiger partial charge in [0.1, 0.15) is 11.8 Å². The van der Waals surface area contributed by atoms with E-state index in [1.54, 1.807) is 6.07 Å². The third-order valence-corrected chi connectivity index (χ3v) is 4.46. The first-order valence-electron chi connectivity index (χ1n) is 10.5. The van der Waals surface area contributed by atoms with Crippen LogP contribution in [0, 0.1) is 11.3 Å². The van der Waals surface area contributed by atoms with Gasteiger partial charge in [-0.05, 0) is 31.2 Å². The summed E-state index contributed by atoms with van der Waals surface area (Å²) in [4.78, 5) is 12.1. The fraction of sp³-hybridized carbons (Fsp3) is 0.364. The highest BCUT2D eigenvalue weighted by Gasteiger charge is 2.29. The lowest BCUT2D eigenvalue weighted by Gasteiger charge is -2.22. The predicted molar refractivity (Wildman–Crippen MR) is 125 cm³/mol. The van der Waals surface area contributed by atoms with E-state index in [-0.39, 0.29) is 16.4 Å². The molecule has 0 atom stereocenters. The molecule has 0 aliphatic carbocycles. The molecular weight excluding hydrogens is 464 g/mol. The van der Waals surface area contributed by atoms with Crippen molar-refractivity contribution in [2.45, 2.75) is 46.3 Å². The van der Waals surface area contributed by atoms with Crippen LogP contribution in [-0.2, 0) is 11.7 Å². The normalized spacial score (nSPS) is 10.9. The van der Waals surface area contributed by atoms with Gasteiger partial charge in [0.25, 0.3) is 11.8 Å². The van der Waals surface area contributed by atoms with Gasteiger partial charge in [-0.3, -0.25) is 9.89 Å². The number of nitrogens with one attached hydrogen (secondary N) is 2. The number of hydrogen-bond acceptors (Lipinski definition) is 8. The first-order chi connectivity index (χ1) is 16.0. The van der Waals surface area contributed by atoms with Crippen LogP contribution >= 0.6 is 11.6 Å². The van der Waals surface area contributed by atoms with Crippen molar-refractivity contribution in [1.29, 1.82) is 5.26 Å². The Bertz CT molecular complexity index is 1130. The zero-order valence-electron chi connectivity index (χ0n) is 19.5. The second kappa shape index (κ2) is 12.3. The van der Waals surface area contributed by atoms with Crippen LogP contribution in [-0.4, -0.2) is 52.9 Å². The standard InChI is InChI=1S/C18H17ClN6O5.2C2H6/c1-17(27,28)15-7-14(22-23-15)16(26)21-9-18(29,30)25-5-4-13(24-25)10-2-3-11(8-20)12(19)6-10;2*1-2/h2-7,27-30H,9H2,1H3,(H,21,26)(H,22,23);2*1-2H3. The quantitative estimate of drug-likeness (QED) is 0.282. The number of aromatic amines is 1. The minimum Gasteiger partial charge on any atom is -0.361 e. The summed E-state index contributed by atoms with van der Waals surface area (Å²) in [5.41, 5.74) is 0.929. The number of amides is 1. The molecule has 184 valence electrons. The number of hydrogen-bond donors (Lipinski definition) is 6. The molecule has 34 heavy (non-hydrogen) atoms. The van der Waals surface area contributed by atoms with Crippen LogP contribution < -0.4 is 5.32 Å². The molecule has 0 aliphatic rings. The van der Waals surface area contributed by atoms with Crippen LogP contribution in [0.3, 0.4) is 0 Å². The highest BCUT2D eigenvalue weighted by molar-refractivity contribution is 6.32. The zero-order chi connectivity index (χ0) is 26.1. The number of aliphatic hydroxyl groups is 4. The van der Waals surface area contributed by atoms with E-state index in [9.17, 15) is 25.2 Å². The predicted octanol–water partition coefficient (Wildman–Crippen LogP) is 2.03. The zero-order valence-corrected chi connectivity index (χ0v) is 20.3. The Morgan fingerprint density at radius 1 is 1.18 bits per heavy atom. The number of nitrogens with zero attached hydrogens (tertiary/aromatic N) is 4. The number of H-pyrrole nitrogens is 1. The SMILES string of the molecule is CC.CC.CC(O)(O)c1cc(C(=O)NCC(O)(O)n2ccc(-c3ccc(C#N)c(Cl)c3)n2)n[nH]1. The number of halogens is 1. The lowest BCUT2D eigenvalue weighted by atomic mass is 10.1. The molecule has 1 amide bonds. The first kappa shape index (κ1) is 28.8. The number of nitriles is 1. The van der Waals surface area contributed by atoms with E-state index >= 15 is 0 Å². The maximum Gasteiger partial charge on any atom is 0.284 e. The van der Waals surface area contributed by atoms with Gasteiger partial charge in [0.05, 0.1) is 28.5 Å². The molecule has 0 spiro atoms. The second-order valence-corrected chi connectivity index (χ2v) is 7.00. The van der Waals surface area contributed by atoms with Crippen LogP contribution in [0.5, 0.6) is 0 Å². The third kappa shape index (κ3) is 7.11. The lowest BCUT2D eigenvalue weighted by Crippen LogP contribution is -2.45. The molecule has 12 heteroatoms. The molecule has 0 unspecified atom stereocenters. The largest absolute Gasteiger partial charge is 0.361 e. The molecule has 3 aromatic rings. The topological polar surface area (TPSA) is 180 Å². The van der Waals surface area contributed by atoms with Crippen molar-refractivity contribution in [2.24, 2.45) is 0 Å². The minimum absolute atomic E-state index is 0.107. The molecule has 11 nitrogen and oxygen atoms in total. The Kier molecular flexibility index (Phi) is 10.4. The van der Waals surface area contributed by atoms with Crippen molar-refractivity contribution < 1.29 is 25.2 Å². The lowest BCUT2D eigenvalue weighted by molar-refractivity contribution is -0.230. The number of benzene rings is 1. The van der Waals surface area contributed by atoms with Gasteiger partial charge in [-0.25, -0.2) is 4.68 Å². The molecule has 1 aromatic carbocycles. The van der Waals surface area contributed by atoms with E-state index in [0.717, 1.165) is 17.7 Å². The molecule has 0 saturated heterocycles. The Hall–Kier alpha value is -3.27. The van der Waals surface area contributed by atoms with E-state index in [2.05, 4.69) is 20.6 Å². The second-order valence-electron chi connectivity index (χ2n) is 6.60. The van der Waals surface area contributed by atoms with Gasteiger partial charge in [-0.2, -0.15) is 15.5 Å². The summed E-state index contributed by atoms with van der Waals surface area (Å²) < 4.78 is 0.837.